The molecule has 1 aromatic carbocycles. The van der Waals surface area contributed by atoms with Crippen LogP contribution in [0.2, 0.25) is 0 Å². The summed E-state index contributed by atoms with van der Waals surface area (Å²) in [7, 11) is 1.82. The van der Waals surface area contributed by atoms with E-state index in [1.165, 1.54) is 3.57 Å². The van der Waals surface area contributed by atoms with Gasteiger partial charge in [0.05, 0.1) is 6.42 Å². The summed E-state index contributed by atoms with van der Waals surface area (Å²) in [4.78, 5) is 13.0. The highest BCUT2D eigenvalue weighted by Gasteiger charge is 2.23. The van der Waals surface area contributed by atoms with Gasteiger partial charge in [-0.05, 0) is 46.4 Å². The smallest absolute Gasteiger partial charge is 0.231 e. The Labute approximate surface area is 84.7 Å². The summed E-state index contributed by atoms with van der Waals surface area (Å²) >= 11 is 2.26. The minimum Gasteiger partial charge on any atom is -0.315 e. The summed E-state index contributed by atoms with van der Waals surface area (Å²) in [6.45, 7) is 0. The maximum absolute atomic E-state index is 11.3. The summed E-state index contributed by atoms with van der Waals surface area (Å²) in [5.74, 6) is 0.187. The highest BCUT2D eigenvalue weighted by Crippen LogP contribution is 2.28. The van der Waals surface area contributed by atoms with Crippen molar-refractivity contribution in [3.8, 4) is 0 Å². The zero-order chi connectivity index (χ0) is 8.72. The molecule has 0 saturated heterocycles. The number of nitrogens with zero attached hydrogens (tertiary/aromatic N) is 1. The van der Waals surface area contributed by atoms with Gasteiger partial charge in [-0.2, -0.15) is 0 Å². The van der Waals surface area contributed by atoms with E-state index in [0.717, 1.165) is 11.3 Å². The molecule has 1 heterocycles. The Morgan fingerprint density at radius 2 is 2.25 bits per heavy atom. The third-order valence-electron chi connectivity index (χ3n) is 2.12. The lowest BCUT2D eigenvalue weighted by Crippen LogP contribution is -2.20. The maximum Gasteiger partial charge on any atom is 0.231 e. The highest BCUT2D eigenvalue weighted by atomic mass is 127. The van der Waals surface area contributed by atoms with Crippen molar-refractivity contribution < 1.29 is 4.79 Å². The number of halogens is 1. The molecule has 1 aromatic rings. The minimum absolute atomic E-state index is 0.187. The third-order valence-corrected chi connectivity index (χ3v) is 2.79. The molecule has 0 aliphatic carbocycles. The number of likely N-dealkylation sites (N-methyl/N-ethyl adjacent to an activating group) is 1. The van der Waals surface area contributed by atoms with Gasteiger partial charge in [0.15, 0.2) is 0 Å². The lowest BCUT2D eigenvalue weighted by atomic mass is 10.2. The predicted octanol–water partition coefficient (Wildman–Crippen LogP) is 1.81. The quantitative estimate of drug-likeness (QED) is 0.660. The molecule has 1 aliphatic heterocycles. The summed E-state index contributed by atoms with van der Waals surface area (Å²) in [5.41, 5.74) is 2.20. The van der Waals surface area contributed by atoms with Gasteiger partial charge in [0, 0.05) is 16.3 Å². The van der Waals surface area contributed by atoms with Crippen molar-refractivity contribution in [1.82, 2.24) is 0 Å². The Morgan fingerprint density at radius 1 is 1.50 bits per heavy atom. The Morgan fingerprint density at radius 3 is 3.00 bits per heavy atom. The number of benzene rings is 1. The van der Waals surface area contributed by atoms with Crippen molar-refractivity contribution >= 4 is 34.2 Å². The van der Waals surface area contributed by atoms with Gasteiger partial charge in [-0.25, -0.2) is 0 Å². The van der Waals surface area contributed by atoms with Crippen LogP contribution in [-0.4, -0.2) is 13.0 Å². The minimum atomic E-state index is 0.187. The fraction of sp³-hybridized carbons (Fsp3) is 0.222. The number of carbonyl (C=O) groups is 1. The van der Waals surface area contributed by atoms with Gasteiger partial charge in [-0.1, -0.05) is 0 Å². The Balaban J connectivity index is 2.54. The van der Waals surface area contributed by atoms with Crippen molar-refractivity contribution in [3.05, 3.63) is 27.3 Å². The van der Waals surface area contributed by atoms with Crippen LogP contribution in [0.3, 0.4) is 0 Å². The van der Waals surface area contributed by atoms with E-state index in [-0.39, 0.29) is 5.91 Å². The van der Waals surface area contributed by atoms with Gasteiger partial charge < -0.3 is 4.90 Å². The van der Waals surface area contributed by atoms with E-state index in [9.17, 15) is 4.79 Å². The molecular weight excluding hydrogens is 265 g/mol. The standard InChI is InChI=1S/C9H8INO/c1-11-8-3-2-7(10)4-6(8)5-9(11)12/h2-4H,5H2,1H3. The van der Waals surface area contributed by atoms with Gasteiger partial charge >= 0.3 is 0 Å². The monoisotopic (exact) mass is 273 g/mol. The van der Waals surface area contributed by atoms with Crippen molar-refractivity contribution in [2.45, 2.75) is 6.42 Å². The van der Waals surface area contributed by atoms with Crippen LogP contribution < -0.4 is 4.90 Å². The summed E-state index contributed by atoms with van der Waals surface area (Å²) in [6.07, 6.45) is 0.558. The predicted molar refractivity (Wildman–Crippen MR) is 56.3 cm³/mol. The molecule has 3 heteroatoms. The third kappa shape index (κ3) is 1.12. The van der Waals surface area contributed by atoms with Crippen LogP contribution in [0.15, 0.2) is 18.2 Å². The first-order valence-electron chi connectivity index (χ1n) is 3.73. The summed E-state index contributed by atoms with van der Waals surface area (Å²) < 4.78 is 1.19. The molecule has 12 heavy (non-hydrogen) atoms. The molecule has 2 rings (SSSR count). The van der Waals surface area contributed by atoms with Crippen molar-refractivity contribution in [2.75, 3.05) is 11.9 Å². The first-order chi connectivity index (χ1) is 5.68. The van der Waals surface area contributed by atoms with E-state index in [1.54, 1.807) is 4.90 Å². The number of carbonyl (C=O) groups excluding carboxylic acids is 1. The highest BCUT2D eigenvalue weighted by molar-refractivity contribution is 14.1. The second kappa shape index (κ2) is 2.73. The molecule has 0 fully saturated rings. The van der Waals surface area contributed by atoms with E-state index in [4.69, 9.17) is 0 Å². The first-order valence-corrected chi connectivity index (χ1v) is 4.81. The van der Waals surface area contributed by atoms with Crippen LogP contribution in [0.5, 0.6) is 0 Å². The molecule has 62 valence electrons. The largest absolute Gasteiger partial charge is 0.315 e. The molecule has 0 atom stereocenters. The topological polar surface area (TPSA) is 20.3 Å². The van der Waals surface area contributed by atoms with Crippen LogP contribution in [0, 0.1) is 3.57 Å². The number of anilines is 1. The molecule has 2 nitrogen and oxygen atoms in total. The van der Waals surface area contributed by atoms with Gasteiger partial charge in [0.1, 0.15) is 0 Å². The Kier molecular flexibility index (Phi) is 1.83. The lowest BCUT2D eigenvalue weighted by molar-refractivity contribution is -0.117. The van der Waals surface area contributed by atoms with Gasteiger partial charge in [-0.3, -0.25) is 4.79 Å². The van der Waals surface area contributed by atoms with Crippen LogP contribution in [0.4, 0.5) is 5.69 Å². The second-order valence-corrected chi connectivity index (χ2v) is 4.15. The number of hydrogen-bond donors (Lipinski definition) is 0. The number of amides is 1. The average molecular weight is 273 g/mol. The number of fused-ring (bicyclic) bond motifs is 1. The van der Waals surface area contributed by atoms with Crippen LogP contribution in [-0.2, 0) is 11.2 Å². The molecule has 0 N–H and O–H groups in total. The van der Waals surface area contributed by atoms with Crippen LogP contribution in [0.1, 0.15) is 5.56 Å². The van der Waals surface area contributed by atoms with Crippen molar-refractivity contribution in [2.24, 2.45) is 0 Å². The lowest BCUT2D eigenvalue weighted by Gasteiger charge is -2.08. The van der Waals surface area contributed by atoms with E-state index in [2.05, 4.69) is 28.7 Å². The Hall–Kier alpha value is -0.580. The van der Waals surface area contributed by atoms with E-state index < -0.39 is 0 Å². The van der Waals surface area contributed by atoms with Gasteiger partial charge in [-0.15, -0.1) is 0 Å². The average Bonchev–Trinajstić information content (AvgIpc) is 2.28. The fourth-order valence-electron chi connectivity index (χ4n) is 1.44. The molecule has 0 aromatic heterocycles. The fourth-order valence-corrected chi connectivity index (χ4v) is 1.99. The summed E-state index contributed by atoms with van der Waals surface area (Å²) in [6, 6.07) is 6.09. The van der Waals surface area contributed by atoms with E-state index in [1.807, 2.05) is 19.2 Å². The molecular formula is C9H8INO. The van der Waals surface area contributed by atoms with Crippen molar-refractivity contribution in [3.63, 3.8) is 0 Å². The number of rotatable bonds is 0. The molecule has 0 spiro atoms. The molecule has 1 amide bonds. The zero-order valence-electron chi connectivity index (χ0n) is 6.67. The SMILES string of the molecule is CN1C(=O)Cc2cc(I)ccc21. The molecule has 0 unspecified atom stereocenters. The van der Waals surface area contributed by atoms with E-state index in [0.29, 0.717) is 6.42 Å². The number of hydrogen-bond acceptors (Lipinski definition) is 1. The molecule has 0 bridgehead atoms. The second-order valence-electron chi connectivity index (χ2n) is 2.90. The van der Waals surface area contributed by atoms with Crippen LogP contribution in [0.25, 0.3) is 0 Å². The molecule has 0 radical (unpaired) electrons. The molecule has 0 saturated carbocycles. The Bertz CT molecular complexity index is 348. The van der Waals surface area contributed by atoms with Gasteiger partial charge in [0.2, 0.25) is 5.91 Å². The normalized spacial score (nSPS) is 15.2. The zero-order valence-corrected chi connectivity index (χ0v) is 8.83. The first kappa shape index (κ1) is 8.04. The van der Waals surface area contributed by atoms with Crippen LogP contribution >= 0.6 is 22.6 Å². The van der Waals surface area contributed by atoms with Gasteiger partial charge in [0.25, 0.3) is 0 Å². The van der Waals surface area contributed by atoms with Crippen molar-refractivity contribution in [1.29, 1.82) is 0 Å². The molecule has 1 aliphatic rings. The summed E-state index contributed by atoms with van der Waals surface area (Å²) in [5, 5.41) is 0. The van der Waals surface area contributed by atoms with E-state index >= 15 is 0 Å². The maximum atomic E-state index is 11.3.